The number of benzene rings is 1. The van der Waals surface area contributed by atoms with Gasteiger partial charge < -0.3 is 0 Å². The minimum absolute atomic E-state index is 0.00588. The molecule has 2 bridgehead atoms. The van der Waals surface area contributed by atoms with Crippen molar-refractivity contribution in [3.8, 4) is 0 Å². The molecule has 0 radical (unpaired) electrons. The molecule has 0 unspecified atom stereocenters. The maximum Gasteiger partial charge on any atom is 0.238 e. The molecule has 1 saturated carbocycles. The third-order valence-corrected chi connectivity index (χ3v) is 5.58. The lowest BCUT2D eigenvalue weighted by Crippen LogP contribution is -2.38. The largest absolute Gasteiger partial charge is 0.274 e. The van der Waals surface area contributed by atoms with E-state index in [-0.39, 0.29) is 35.5 Å². The average molecular weight is 295 g/mol. The average Bonchev–Trinajstić information content (AvgIpc) is 2.82. The van der Waals surface area contributed by atoms with E-state index in [4.69, 9.17) is 0 Å². The van der Waals surface area contributed by atoms with Gasteiger partial charge in [0.1, 0.15) is 0 Å². The zero-order valence-electron chi connectivity index (χ0n) is 13.0. The first-order valence-electron chi connectivity index (χ1n) is 8.24. The highest BCUT2D eigenvalue weighted by atomic mass is 16.2. The Balaban J connectivity index is 1.69. The molecule has 1 aliphatic heterocycles. The van der Waals surface area contributed by atoms with Crippen LogP contribution in [0.3, 0.4) is 0 Å². The highest BCUT2D eigenvalue weighted by molar-refractivity contribution is 6.22. The Hall–Kier alpha value is -1.90. The minimum atomic E-state index is -0.124. The van der Waals surface area contributed by atoms with E-state index < -0.39 is 0 Å². The van der Waals surface area contributed by atoms with Crippen LogP contribution in [0.15, 0.2) is 36.4 Å². The molecule has 1 saturated heterocycles. The summed E-state index contributed by atoms with van der Waals surface area (Å²) >= 11 is 0. The lowest BCUT2D eigenvalue weighted by atomic mass is 9.63. The first-order valence-corrected chi connectivity index (χ1v) is 8.24. The predicted octanol–water partition coefficient (Wildman–Crippen LogP) is 3.51. The topological polar surface area (TPSA) is 37.4 Å². The highest BCUT2D eigenvalue weighted by Gasteiger charge is 2.56. The van der Waals surface area contributed by atoms with Gasteiger partial charge in [-0.1, -0.05) is 38.1 Å². The van der Waals surface area contributed by atoms with Gasteiger partial charge >= 0.3 is 0 Å². The van der Waals surface area contributed by atoms with Crippen molar-refractivity contribution >= 4 is 17.5 Å². The van der Waals surface area contributed by atoms with Crippen LogP contribution in [0, 0.1) is 23.7 Å². The second-order valence-electron chi connectivity index (χ2n) is 7.10. The molecular formula is C19H21NO2. The van der Waals surface area contributed by atoms with Gasteiger partial charge in [-0.05, 0) is 48.3 Å². The summed E-state index contributed by atoms with van der Waals surface area (Å²) in [5.74, 6) is 0.721. The predicted molar refractivity (Wildman–Crippen MR) is 85.4 cm³/mol. The molecule has 3 nitrogen and oxygen atoms in total. The zero-order chi connectivity index (χ0) is 15.4. The van der Waals surface area contributed by atoms with Gasteiger partial charge in [-0.2, -0.15) is 0 Å². The number of fused-ring (bicyclic) bond motifs is 1. The molecule has 0 aromatic heterocycles. The van der Waals surface area contributed by atoms with Gasteiger partial charge in [-0.3, -0.25) is 14.5 Å². The summed E-state index contributed by atoms with van der Waals surface area (Å²) in [6.45, 7) is 4.28. The second kappa shape index (κ2) is 4.80. The van der Waals surface area contributed by atoms with E-state index in [0.29, 0.717) is 5.92 Å². The molecule has 3 aliphatic carbocycles. The molecule has 0 spiro atoms. The van der Waals surface area contributed by atoms with Crippen molar-refractivity contribution in [2.45, 2.75) is 32.6 Å². The lowest BCUT2D eigenvalue weighted by Gasteiger charge is -2.38. The standard InChI is InChI=1S/C19H21NO2/c1-11(2)12-7-9-15(10-8-12)20-18(21)16-13-3-4-14(6-5-13)17(16)19(20)22/h3-4,7-11,13-14,16-17H,5-6H2,1-2H3/t13-,14-,16+,17+/m1/s1. The molecule has 22 heavy (non-hydrogen) atoms. The number of imide groups is 1. The number of carbonyl (C=O) groups excluding carboxylic acids is 2. The third kappa shape index (κ3) is 1.81. The Kier molecular flexibility index (Phi) is 3.00. The van der Waals surface area contributed by atoms with Crippen LogP contribution in [-0.2, 0) is 9.59 Å². The Morgan fingerprint density at radius 3 is 1.82 bits per heavy atom. The van der Waals surface area contributed by atoms with Crippen molar-refractivity contribution in [2.24, 2.45) is 23.7 Å². The molecule has 1 aromatic carbocycles. The summed E-state index contributed by atoms with van der Waals surface area (Å²) in [7, 11) is 0. The van der Waals surface area contributed by atoms with Crippen LogP contribution in [0.1, 0.15) is 38.2 Å². The van der Waals surface area contributed by atoms with E-state index >= 15 is 0 Å². The van der Waals surface area contributed by atoms with Crippen LogP contribution in [0.4, 0.5) is 5.69 Å². The Bertz CT molecular complexity index is 627. The third-order valence-electron chi connectivity index (χ3n) is 5.58. The summed E-state index contributed by atoms with van der Waals surface area (Å²) in [6, 6.07) is 7.88. The molecule has 2 amide bonds. The molecule has 4 atom stereocenters. The molecule has 3 heteroatoms. The van der Waals surface area contributed by atoms with Crippen LogP contribution in [0.25, 0.3) is 0 Å². The monoisotopic (exact) mass is 295 g/mol. The fourth-order valence-electron chi connectivity index (χ4n) is 4.34. The van der Waals surface area contributed by atoms with Crippen LogP contribution >= 0.6 is 0 Å². The van der Waals surface area contributed by atoms with E-state index in [0.717, 1.165) is 18.5 Å². The number of hydrogen-bond acceptors (Lipinski definition) is 2. The quantitative estimate of drug-likeness (QED) is 0.618. The normalized spacial score (nSPS) is 33.0. The summed E-state index contributed by atoms with van der Waals surface area (Å²) in [5, 5.41) is 0. The SMILES string of the molecule is CC(C)c1ccc(N2C(=O)[C@@H]3[C@@H](C2=O)[C@@H]2C=C[C@@H]3CC2)cc1. The first kappa shape index (κ1) is 13.7. The van der Waals surface area contributed by atoms with Gasteiger partial charge in [-0.25, -0.2) is 0 Å². The van der Waals surface area contributed by atoms with Crippen LogP contribution in [-0.4, -0.2) is 11.8 Å². The van der Waals surface area contributed by atoms with Crippen molar-refractivity contribution in [1.29, 1.82) is 0 Å². The number of carbonyl (C=O) groups is 2. The molecule has 0 N–H and O–H groups in total. The molecule has 1 heterocycles. The molecule has 5 rings (SSSR count). The van der Waals surface area contributed by atoms with E-state index in [1.54, 1.807) is 0 Å². The maximum atomic E-state index is 12.8. The first-order chi connectivity index (χ1) is 10.6. The minimum Gasteiger partial charge on any atom is -0.274 e. The van der Waals surface area contributed by atoms with Gasteiger partial charge in [0, 0.05) is 0 Å². The number of hydrogen-bond donors (Lipinski definition) is 0. The lowest BCUT2D eigenvalue weighted by molar-refractivity contribution is -0.124. The van der Waals surface area contributed by atoms with Crippen molar-refractivity contribution in [1.82, 2.24) is 0 Å². The summed E-state index contributed by atoms with van der Waals surface area (Å²) in [5.41, 5.74) is 1.95. The van der Waals surface area contributed by atoms with E-state index in [1.165, 1.54) is 10.5 Å². The summed E-state index contributed by atoms with van der Waals surface area (Å²) < 4.78 is 0. The number of anilines is 1. The smallest absolute Gasteiger partial charge is 0.238 e. The Morgan fingerprint density at radius 1 is 0.909 bits per heavy atom. The highest BCUT2D eigenvalue weighted by Crippen LogP contribution is 2.50. The number of allylic oxidation sites excluding steroid dienone is 2. The number of rotatable bonds is 2. The second-order valence-corrected chi connectivity index (χ2v) is 7.10. The number of amides is 2. The molecule has 2 fully saturated rings. The van der Waals surface area contributed by atoms with Gasteiger partial charge in [0.25, 0.3) is 0 Å². The van der Waals surface area contributed by atoms with E-state index in [9.17, 15) is 9.59 Å². The van der Waals surface area contributed by atoms with Gasteiger partial charge in [0.05, 0.1) is 17.5 Å². The van der Waals surface area contributed by atoms with Gasteiger partial charge in [0.2, 0.25) is 11.8 Å². The molecule has 114 valence electrons. The van der Waals surface area contributed by atoms with E-state index in [2.05, 4.69) is 26.0 Å². The van der Waals surface area contributed by atoms with Crippen molar-refractivity contribution in [3.63, 3.8) is 0 Å². The van der Waals surface area contributed by atoms with Crippen LogP contribution in [0.5, 0.6) is 0 Å². The fourth-order valence-corrected chi connectivity index (χ4v) is 4.34. The molecular weight excluding hydrogens is 274 g/mol. The molecule has 4 aliphatic rings. The van der Waals surface area contributed by atoms with Crippen molar-refractivity contribution < 1.29 is 9.59 Å². The van der Waals surface area contributed by atoms with Gasteiger partial charge in [-0.15, -0.1) is 0 Å². The maximum absolute atomic E-state index is 12.8. The molecule has 1 aromatic rings. The van der Waals surface area contributed by atoms with Crippen molar-refractivity contribution in [2.75, 3.05) is 4.90 Å². The van der Waals surface area contributed by atoms with E-state index in [1.807, 2.05) is 24.3 Å². The van der Waals surface area contributed by atoms with Crippen molar-refractivity contribution in [3.05, 3.63) is 42.0 Å². The van der Waals surface area contributed by atoms with Crippen LogP contribution in [0.2, 0.25) is 0 Å². The van der Waals surface area contributed by atoms with Gasteiger partial charge in [0.15, 0.2) is 0 Å². The number of nitrogens with zero attached hydrogens (tertiary/aromatic N) is 1. The fraction of sp³-hybridized carbons (Fsp3) is 0.474. The summed E-state index contributed by atoms with van der Waals surface area (Å²) in [4.78, 5) is 27.1. The Morgan fingerprint density at radius 2 is 1.41 bits per heavy atom. The van der Waals surface area contributed by atoms with Crippen LogP contribution < -0.4 is 4.90 Å². The Labute approximate surface area is 131 Å². The summed E-state index contributed by atoms with van der Waals surface area (Å²) in [6.07, 6.45) is 6.40. The zero-order valence-corrected chi connectivity index (χ0v) is 13.0.